The van der Waals surface area contributed by atoms with E-state index in [1.165, 1.54) is 0 Å². The zero-order valence-corrected chi connectivity index (χ0v) is 12.0. The second kappa shape index (κ2) is 5.96. The van der Waals surface area contributed by atoms with Gasteiger partial charge in [-0.2, -0.15) is 0 Å². The summed E-state index contributed by atoms with van der Waals surface area (Å²) in [5.41, 5.74) is 0.254. The van der Waals surface area contributed by atoms with Gasteiger partial charge >= 0.3 is 0 Å². The molecule has 0 aromatic carbocycles. The SMILES string of the molecule is COCCC(C)(C)CN1CCC(=O)C(C)C1C. The third-order valence-electron chi connectivity index (χ3n) is 4.07. The lowest BCUT2D eigenvalue weighted by Crippen LogP contribution is -2.50. The van der Waals surface area contributed by atoms with E-state index in [1.54, 1.807) is 7.11 Å². The number of nitrogens with zero attached hydrogens (tertiary/aromatic N) is 1. The molecule has 0 aromatic heterocycles. The molecule has 2 atom stereocenters. The maximum absolute atomic E-state index is 11.6. The highest BCUT2D eigenvalue weighted by atomic mass is 16.5. The summed E-state index contributed by atoms with van der Waals surface area (Å²) < 4.78 is 5.16. The minimum absolute atomic E-state index is 0.182. The first-order valence-corrected chi connectivity index (χ1v) is 6.63. The first-order chi connectivity index (χ1) is 7.87. The number of Topliss-reactive ketones (excluding diaryl/α,β-unsaturated/α-hetero) is 1. The molecule has 1 aliphatic heterocycles. The summed E-state index contributed by atoms with van der Waals surface area (Å²) in [5, 5.41) is 0. The number of hydrogen-bond acceptors (Lipinski definition) is 3. The number of rotatable bonds is 5. The van der Waals surface area contributed by atoms with E-state index in [9.17, 15) is 4.79 Å². The largest absolute Gasteiger partial charge is 0.385 e. The second-order valence-corrected chi connectivity index (χ2v) is 6.12. The fourth-order valence-electron chi connectivity index (χ4n) is 2.50. The average Bonchev–Trinajstić information content (AvgIpc) is 2.27. The molecule has 17 heavy (non-hydrogen) atoms. The van der Waals surface area contributed by atoms with Crippen LogP contribution in [0, 0.1) is 11.3 Å². The summed E-state index contributed by atoms with van der Waals surface area (Å²) in [6.07, 6.45) is 1.78. The van der Waals surface area contributed by atoms with Crippen LogP contribution in [0.15, 0.2) is 0 Å². The second-order valence-electron chi connectivity index (χ2n) is 6.12. The summed E-state index contributed by atoms with van der Waals surface area (Å²) in [5.74, 6) is 0.602. The molecule has 1 saturated heterocycles. The summed E-state index contributed by atoms with van der Waals surface area (Å²) in [7, 11) is 1.75. The highest BCUT2D eigenvalue weighted by molar-refractivity contribution is 5.82. The number of methoxy groups -OCH3 is 1. The Morgan fingerprint density at radius 1 is 1.41 bits per heavy atom. The van der Waals surface area contributed by atoms with Crippen LogP contribution in [-0.2, 0) is 9.53 Å². The van der Waals surface area contributed by atoms with Crippen LogP contribution in [0.5, 0.6) is 0 Å². The van der Waals surface area contributed by atoms with Crippen molar-refractivity contribution >= 4 is 5.78 Å². The van der Waals surface area contributed by atoms with Crippen molar-refractivity contribution in [2.75, 3.05) is 26.8 Å². The molecule has 100 valence electrons. The summed E-state index contributed by atoms with van der Waals surface area (Å²) in [6, 6.07) is 0.373. The molecule has 0 aliphatic carbocycles. The van der Waals surface area contributed by atoms with Gasteiger partial charge in [-0.05, 0) is 18.8 Å². The van der Waals surface area contributed by atoms with Crippen LogP contribution in [0.3, 0.4) is 0 Å². The fraction of sp³-hybridized carbons (Fsp3) is 0.929. The van der Waals surface area contributed by atoms with Crippen molar-refractivity contribution < 1.29 is 9.53 Å². The maximum atomic E-state index is 11.6. The van der Waals surface area contributed by atoms with Crippen molar-refractivity contribution in [1.29, 1.82) is 0 Å². The number of carbonyl (C=O) groups is 1. The highest BCUT2D eigenvalue weighted by Crippen LogP contribution is 2.27. The zero-order chi connectivity index (χ0) is 13.1. The van der Waals surface area contributed by atoms with Gasteiger partial charge in [0.2, 0.25) is 0 Å². The molecule has 0 radical (unpaired) electrons. The van der Waals surface area contributed by atoms with E-state index in [-0.39, 0.29) is 11.3 Å². The van der Waals surface area contributed by atoms with E-state index < -0.39 is 0 Å². The molecule has 0 saturated carbocycles. The molecule has 0 aromatic rings. The Labute approximate surface area is 106 Å². The fourth-order valence-corrected chi connectivity index (χ4v) is 2.50. The third kappa shape index (κ3) is 4.07. The Kier molecular flexibility index (Phi) is 5.14. The van der Waals surface area contributed by atoms with Crippen molar-refractivity contribution in [2.24, 2.45) is 11.3 Å². The molecular weight excluding hydrogens is 214 g/mol. The van der Waals surface area contributed by atoms with E-state index in [0.717, 1.165) is 26.1 Å². The van der Waals surface area contributed by atoms with Crippen molar-refractivity contribution in [1.82, 2.24) is 4.90 Å². The molecule has 2 unspecified atom stereocenters. The van der Waals surface area contributed by atoms with Gasteiger partial charge in [0.25, 0.3) is 0 Å². The lowest BCUT2D eigenvalue weighted by molar-refractivity contribution is -0.128. The van der Waals surface area contributed by atoms with Crippen LogP contribution in [0.2, 0.25) is 0 Å². The topological polar surface area (TPSA) is 29.5 Å². The number of hydrogen-bond donors (Lipinski definition) is 0. The predicted octanol–water partition coefficient (Wildman–Crippen LogP) is 2.35. The van der Waals surface area contributed by atoms with E-state index in [2.05, 4.69) is 32.6 Å². The standard InChI is InChI=1S/C14H27NO2/c1-11-12(2)15(8-6-13(11)16)10-14(3,4)7-9-17-5/h11-12H,6-10H2,1-5H3. The van der Waals surface area contributed by atoms with Gasteiger partial charge in [-0.1, -0.05) is 20.8 Å². The van der Waals surface area contributed by atoms with Gasteiger partial charge in [0.1, 0.15) is 5.78 Å². The van der Waals surface area contributed by atoms with Crippen LogP contribution in [0.25, 0.3) is 0 Å². The predicted molar refractivity (Wildman–Crippen MR) is 70.1 cm³/mol. The summed E-state index contributed by atoms with van der Waals surface area (Å²) in [4.78, 5) is 14.1. The quantitative estimate of drug-likeness (QED) is 0.740. The first kappa shape index (κ1) is 14.7. The van der Waals surface area contributed by atoms with Gasteiger partial charge in [0.15, 0.2) is 0 Å². The van der Waals surface area contributed by atoms with E-state index in [0.29, 0.717) is 18.2 Å². The molecule has 3 nitrogen and oxygen atoms in total. The van der Waals surface area contributed by atoms with Crippen LogP contribution >= 0.6 is 0 Å². The smallest absolute Gasteiger partial charge is 0.138 e. The monoisotopic (exact) mass is 241 g/mol. The summed E-state index contributed by atoms with van der Waals surface area (Å²) >= 11 is 0. The van der Waals surface area contributed by atoms with Crippen LogP contribution in [0.1, 0.15) is 40.5 Å². The van der Waals surface area contributed by atoms with Gasteiger partial charge < -0.3 is 4.74 Å². The molecule has 1 rings (SSSR count). The van der Waals surface area contributed by atoms with Crippen LogP contribution in [0.4, 0.5) is 0 Å². The maximum Gasteiger partial charge on any atom is 0.138 e. The lowest BCUT2D eigenvalue weighted by Gasteiger charge is -2.41. The number of piperidine rings is 1. The molecule has 0 bridgehead atoms. The van der Waals surface area contributed by atoms with Gasteiger partial charge in [-0.15, -0.1) is 0 Å². The molecule has 0 spiro atoms. The van der Waals surface area contributed by atoms with Crippen molar-refractivity contribution in [3.63, 3.8) is 0 Å². The molecule has 1 fully saturated rings. The minimum atomic E-state index is 0.182. The number of carbonyl (C=O) groups excluding carboxylic acids is 1. The summed E-state index contributed by atoms with van der Waals surface area (Å²) in [6.45, 7) is 11.6. The number of ketones is 1. The van der Waals surface area contributed by atoms with Gasteiger partial charge in [-0.3, -0.25) is 9.69 Å². The molecule has 1 aliphatic rings. The average molecular weight is 241 g/mol. The third-order valence-corrected chi connectivity index (χ3v) is 4.07. The van der Waals surface area contributed by atoms with Gasteiger partial charge in [0.05, 0.1) is 0 Å². The van der Waals surface area contributed by atoms with Gasteiger partial charge in [0, 0.05) is 45.2 Å². The molecular formula is C14H27NO2. The van der Waals surface area contributed by atoms with Crippen molar-refractivity contribution in [3.8, 4) is 0 Å². The number of ether oxygens (including phenoxy) is 1. The Hall–Kier alpha value is -0.410. The van der Waals surface area contributed by atoms with Crippen LogP contribution < -0.4 is 0 Å². The van der Waals surface area contributed by atoms with E-state index in [1.807, 2.05) is 0 Å². The minimum Gasteiger partial charge on any atom is -0.385 e. The normalized spacial score (nSPS) is 27.5. The van der Waals surface area contributed by atoms with Crippen molar-refractivity contribution in [2.45, 2.75) is 46.6 Å². The van der Waals surface area contributed by atoms with Crippen LogP contribution in [-0.4, -0.2) is 43.5 Å². The van der Waals surface area contributed by atoms with Gasteiger partial charge in [-0.25, -0.2) is 0 Å². The Morgan fingerprint density at radius 2 is 2.06 bits per heavy atom. The lowest BCUT2D eigenvalue weighted by atomic mass is 9.85. The molecule has 0 amide bonds. The molecule has 3 heteroatoms. The Morgan fingerprint density at radius 3 is 2.65 bits per heavy atom. The zero-order valence-electron chi connectivity index (χ0n) is 12.0. The first-order valence-electron chi connectivity index (χ1n) is 6.63. The van der Waals surface area contributed by atoms with E-state index >= 15 is 0 Å². The highest BCUT2D eigenvalue weighted by Gasteiger charge is 2.33. The number of likely N-dealkylation sites (tertiary alicyclic amines) is 1. The Bertz CT molecular complexity index is 263. The molecule has 1 heterocycles. The van der Waals surface area contributed by atoms with Crippen molar-refractivity contribution in [3.05, 3.63) is 0 Å². The molecule has 0 N–H and O–H groups in total. The van der Waals surface area contributed by atoms with E-state index in [4.69, 9.17) is 4.74 Å². The Balaban J connectivity index is 2.53.